The molecular weight excluding hydrogens is 312 g/mol. The van der Waals surface area contributed by atoms with E-state index in [1.54, 1.807) is 0 Å². The van der Waals surface area contributed by atoms with Crippen LogP contribution in [0, 0.1) is 0 Å². The first kappa shape index (κ1) is 24.4. The average Bonchev–Trinajstić information content (AvgIpc) is 2.58. The van der Waals surface area contributed by atoms with Gasteiger partial charge >= 0.3 is 5.97 Å². The first-order chi connectivity index (χ1) is 12.2. The summed E-state index contributed by atoms with van der Waals surface area (Å²) in [7, 11) is 4.20. The second-order valence-electron chi connectivity index (χ2n) is 7.41. The molecule has 1 N–H and O–H groups in total. The summed E-state index contributed by atoms with van der Waals surface area (Å²) in [5, 5.41) is 3.46. The minimum absolute atomic E-state index is 0.00339. The number of carbonyl (C=O) groups is 1. The molecule has 0 fully saturated rings. The van der Waals surface area contributed by atoms with Crippen molar-refractivity contribution in [2.24, 2.45) is 0 Å². The van der Waals surface area contributed by atoms with Crippen LogP contribution in [0.5, 0.6) is 0 Å². The standard InChI is InChI=1S/C21H44N2O2/c1-4-5-6-7-8-12-15-20-25-21(24)16-13-10-9-11-14-17-22-18-19-23(2)3/h22H,4-20H2,1-3H3. The van der Waals surface area contributed by atoms with E-state index in [1.807, 2.05) is 0 Å². The molecule has 0 saturated heterocycles. The lowest BCUT2D eigenvalue weighted by molar-refractivity contribution is -0.143. The first-order valence-electron chi connectivity index (χ1n) is 10.7. The molecule has 0 aliphatic carbocycles. The molecule has 150 valence electrons. The summed E-state index contributed by atoms with van der Waals surface area (Å²) in [5.41, 5.74) is 0. The number of hydrogen-bond acceptors (Lipinski definition) is 4. The van der Waals surface area contributed by atoms with Crippen molar-refractivity contribution in [3.8, 4) is 0 Å². The molecule has 0 radical (unpaired) electrons. The van der Waals surface area contributed by atoms with E-state index in [2.05, 4.69) is 31.2 Å². The van der Waals surface area contributed by atoms with Gasteiger partial charge in [-0.25, -0.2) is 0 Å². The molecule has 0 aromatic rings. The van der Waals surface area contributed by atoms with E-state index < -0.39 is 0 Å². The molecule has 0 aliphatic heterocycles. The van der Waals surface area contributed by atoms with Crippen LogP contribution in [0.15, 0.2) is 0 Å². The molecule has 0 unspecified atom stereocenters. The van der Waals surface area contributed by atoms with Gasteiger partial charge in [0, 0.05) is 19.5 Å². The van der Waals surface area contributed by atoms with Crippen molar-refractivity contribution in [1.29, 1.82) is 0 Å². The van der Waals surface area contributed by atoms with E-state index in [-0.39, 0.29) is 5.97 Å². The zero-order valence-electron chi connectivity index (χ0n) is 17.3. The van der Waals surface area contributed by atoms with Gasteiger partial charge in [-0.1, -0.05) is 64.7 Å². The molecule has 0 saturated carbocycles. The van der Waals surface area contributed by atoms with Gasteiger partial charge in [0.05, 0.1) is 6.61 Å². The largest absolute Gasteiger partial charge is 0.466 e. The maximum Gasteiger partial charge on any atom is 0.305 e. The quantitative estimate of drug-likeness (QED) is 0.267. The molecule has 0 heterocycles. The Morgan fingerprint density at radius 2 is 1.40 bits per heavy atom. The number of rotatable bonds is 19. The minimum Gasteiger partial charge on any atom is -0.466 e. The summed E-state index contributed by atoms with van der Waals surface area (Å²) in [6, 6.07) is 0. The fourth-order valence-electron chi connectivity index (χ4n) is 2.79. The molecule has 25 heavy (non-hydrogen) atoms. The number of esters is 1. The number of unbranched alkanes of at least 4 members (excludes halogenated alkanes) is 10. The van der Waals surface area contributed by atoms with Crippen molar-refractivity contribution >= 4 is 5.97 Å². The molecule has 0 aromatic carbocycles. The Morgan fingerprint density at radius 1 is 0.800 bits per heavy atom. The Bertz CT molecular complexity index is 283. The maximum absolute atomic E-state index is 11.6. The third-order valence-electron chi connectivity index (χ3n) is 4.48. The van der Waals surface area contributed by atoms with Crippen molar-refractivity contribution in [1.82, 2.24) is 10.2 Å². The van der Waals surface area contributed by atoms with Crippen LogP contribution < -0.4 is 5.32 Å². The van der Waals surface area contributed by atoms with Crippen molar-refractivity contribution in [3.05, 3.63) is 0 Å². The third-order valence-corrected chi connectivity index (χ3v) is 4.48. The number of carbonyl (C=O) groups excluding carboxylic acids is 1. The summed E-state index contributed by atoms with van der Waals surface area (Å²) in [6.45, 7) is 6.13. The minimum atomic E-state index is -0.00339. The van der Waals surface area contributed by atoms with E-state index in [1.165, 1.54) is 57.8 Å². The predicted octanol–water partition coefficient (Wildman–Crippen LogP) is 4.77. The molecule has 0 spiro atoms. The SMILES string of the molecule is CCCCCCCCCOC(=O)CCCCCCCNCCN(C)C. The van der Waals surface area contributed by atoms with Crippen molar-refractivity contribution in [2.75, 3.05) is 40.3 Å². The van der Waals surface area contributed by atoms with Crippen LogP contribution >= 0.6 is 0 Å². The highest BCUT2D eigenvalue weighted by Crippen LogP contribution is 2.08. The molecule has 0 atom stereocenters. The number of hydrogen-bond donors (Lipinski definition) is 1. The lowest BCUT2D eigenvalue weighted by atomic mass is 10.1. The molecular formula is C21H44N2O2. The van der Waals surface area contributed by atoms with Gasteiger partial charge in [-0.2, -0.15) is 0 Å². The van der Waals surface area contributed by atoms with Crippen LogP contribution in [0.1, 0.15) is 90.4 Å². The fourth-order valence-corrected chi connectivity index (χ4v) is 2.79. The van der Waals surface area contributed by atoms with Gasteiger partial charge in [0.2, 0.25) is 0 Å². The first-order valence-corrected chi connectivity index (χ1v) is 10.7. The van der Waals surface area contributed by atoms with Crippen molar-refractivity contribution in [3.63, 3.8) is 0 Å². The summed E-state index contributed by atoms with van der Waals surface area (Å²) < 4.78 is 5.31. The smallest absolute Gasteiger partial charge is 0.305 e. The van der Waals surface area contributed by atoms with E-state index in [9.17, 15) is 4.79 Å². The summed E-state index contributed by atoms with van der Waals surface area (Å²) in [5.74, 6) is -0.00339. The van der Waals surface area contributed by atoms with E-state index in [0.717, 1.165) is 38.9 Å². The van der Waals surface area contributed by atoms with Gasteiger partial charge < -0.3 is 15.0 Å². The lowest BCUT2D eigenvalue weighted by Gasteiger charge is -2.10. The topological polar surface area (TPSA) is 41.6 Å². The molecule has 0 aliphatic rings. The van der Waals surface area contributed by atoms with E-state index >= 15 is 0 Å². The molecule has 0 bridgehead atoms. The van der Waals surface area contributed by atoms with Crippen LogP contribution in [-0.4, -0.2) is 51.2 Å². The second-order valence-corrected chi connectivity index (χ2v) is 7.41. The average molecular weight is 357 g/mol. The van der Waals surface area contributed by atoms with Crippen molar-refractivity contribution in [2.45, 2.75) is 90.4 Å². The number of ether oxygens (including phenoxy) is 1. The molecule has 4 heteroatoms. The van der Waals surface area contributed by atoms with Crippen LogP contribution in [0.3, 0.4) is 0 Å². The second kappa shape index (κ2) is 19.7. The van der Waals surface area contributed by atoms with Gasteiger partial charge in [0.1, 0.15) is 0 Å². The number of likely N-dealkylation sites (N-methyl/N-ethyl adjacent to an activating group) is 1. The predicted molar refractivity (Wildman–Crippen MR) is 108 cm³/mol. The maximum atomic E-state index is 11.6. The number of nitrogens with one attached hydrogen (secondary N) is 1. The highest BCUT2D eigenvalue weighted by molar-refractivity contribution is 5.69. The third kappa shape index (κ3) is 21.3. The van der Waals surface area contributed by atoms with Crippen molar-refractivity contribution < 1.29 is 9.53 Å². The van der Waals surface area contributed by atoms with Gasteiger partial charge in [-0.05, 0) is 39.9 Å². The van der Waals surface area contributed by atoms with E-state index in [0.29, 0.717) is 13.0 Å². The van der Waals surface area contributed by atoms with Crippen LogP contribution in [-0.2, 0) is 9.53 Å². The molecule has 0 rings (SSSR count). The monoisotopic (exact) mass is 356 g/mol. The van der Waals surface area contributed by atoms with Crippen LogP contribution in [0.2, 0.25) is 0 Å². The van der Waals surface area contributed by atoms with E-state index in [4.69, 9.17) is 4.74 Å². The zero-order valence-corrected chi connectivity index (χ0v) is 17.3. The Balaban J connectivity index is 3.15. The Hall–Kier alpha value is -0.610. The summed E-state index contributed by atoms with van der Waals surface area (Å²) in [4.78, 5) is 13.8. The number of nitrogens with zero attached hydrogens (tertiary/aromatic N) is 1. The van der Waals surface area contributed by atoms with Gasteiger partial charge in [0.15, 0.2) is 0 Å². The van der Waals surface area contributed by atoms with Crippen LogP contribution in [0.25, 0.3) is 0 Å². The van der Waals surface area contributed by atoms with Crippen LogP contribution in [0.4, 0.5) is 0 Å². The van der Waals surface area contributed by atoms with Gasteiger partial charge in [-0.3, -0.25) is 4.79 Å². The Labute approximate surface area is 157 Å². The highest BCUT2D eigenvalue weighted by atomic mass is 16.5. The Morgan fingerprint density at radius 3 is 2.08 bits per heavy atom. The normalized spacial score (nSPS) is 11.2. The van der Waals surface area contributed by atoms with Gasteiger partial charge in [0.25, 0.3) is 0 Å². The van der Waals surface area contributed by atoms with Gasteiger partial charge in [-0.15, -0.1) is 0 Å². The summed E-state index contributed by atoms with van der Waals surface area (Å²) in [6.07, 6.45) is 15.2. The lowest BCUT2D eigenvalue weighted by Crippen LogP contribution is -2.27. The summed E-state index contributed by atoms with van der Waals surface area (Å²) >= 11 is 0. The highest BCUT2D eigenvalue weighted by Gasteiger charge is 2.02. The Kier molecular flexibility index (Phi) is 19.2. The fraction of sp³-hybridized carbons (Fsp3) is 0.952. The molecule has 4 nitrogen and oxygen atoms in total. The molecule has 0 aromatic heterocycles. The molecule has 0 amide bonds. The zero-order chi connectivity index (χ0) is 18.6.